The molecule has 2 rings (SSSR count). The molecule has 7 nitrogen and oxygen atoms in total. The van der Waals surface area contributed by atoms with E-state index in [1.54, 1.807) is 11.1 Å². The van der Waals surface area contributed by atoms with Crippen molar-refractivity contribution in [2.75, 3.05) is 26.2 Å². The van der Waals surface area contributed by atoms with Gasteiger partial charge in [-0.1, -0.05) is 13.8 Å². The second-order valence-electron chi connectivity index (χ2n) is 6.88. The highest BCUT2D eigenvalue weighted by atomic mass is 16.5. The maximum atomic E-state index is 12.8. The molecule has 1 unspecified atom stereocenters. The molecule has 1 aliphatic heterocycles. The summed E-state index contributed by atoms with van der Waals surface area (Å²) in [5, 5.41) is 2.88. The van der Waals surface area contributed by atoms with Crippen molar-refractivity contribution >= 4 is 11.8 Å². The van der Waals surface area contributed by atoms with Gasteiger partial charge in [-0.25, -0.2) is 4.98 Å². The van der Waals surface area contributed by atoms with Gasteiger partial charge in [0.15, 0.2) is 0 Å². The predicted octanol–water partition coefficient (Wildman–Crippen LogP) is 1.57. The smallest absolute Gasteiger partial charge is 0.274 e. The number of nitrogens with zero attached hydrogens (tertiary/aromatic N) is 3. The highest BCUT2D eigenvalue weighted by molar-refractivity contribution is 5.92. The van der Waals surface area contributed by atoms with Crippen molar-refractivity contribution < 1.29 is 14.3 Å². The first-order valence-corrected chi connectivity index (χ1v) is 8.92. The fourth-order valence-electron chi connectivity index (χ4n) is 2.62. The van der Waals surface area contributed by atoms with Crippen molar-refractivity contribution in [3.05, 3.63) is 23.8 Å². The van der Waals surface area contributed by atoms with Gasteiger partial charge in [0.2, 0.25) is 5.91 Å². The van der Waals surface area contributed by atoms with E-state index in [1.807, 2.05) is 20.8 Å². The molecule has 0 bridgehead atoms. The van der Waals surface area contributed by atoms with Gasteiger partial charge in [0.05, 0.1) is 18.0 Å². The van der Waals surface area contributed by atoms with E-state index < -0.39 is 0 Å². The van der Waals surface area contributed by atoms with E-state index >= 15 is 0 Å². The fourth-order valence-corrected chi connectivity index (χ4v) is 2.62. The van der Waals surface area contributed by atoms with Crippen LogP contribution in [-0.4, -0.2) is 59.0 Å². The molecule has 1 aliphatic rings. The number of aryl methyl sites for hydroxylation is 1. The minimum atomic E-state index is -0.209. The summed E-state index contributed by atoms with van der Waals surface area (Å²) in [4.78, 5) is 34.7. The maximum absolute atomic E-state index is 12.8. The number of aromatic nitrogens is 2. The molecule has 0 aromatic carbocycles. The summed E-state index contributed by atoms with van der Waals surface area (Å²) in [5.74, 6) is 0.143. The molecule has 1 N–H and O–H groups in total. The summed E-state index contributed by atoms with van der Waals surface area (Å²) in [6.07, 6.45) is 5.30. The van der Waals surface area contributed by atoms with Crippen LogP contribution >= 0.6 is 0 Å². The molecule has 1 aromatic rings. The van der Waals surface area contributed by atoms with Crippen molar-refractivity contribution in [1.82, 2.24) is 20.2 Å². The predicted molar refractivity (Wildman–Crippen MR) is 94.1 cm³/mol. The lowest BCUT2D eigenvalue weighted by Crippen LogP contribution is -2.40. The lowest BCUT2D eigenvalue weighted by molar-refractivity contribution is -0.121. The highest BCUT2D eigenvalue weighted by Crippen LogP contribution is 2.15. The average molecular weight is 348 g/mol. The van der Waals surface area contributed by atoms with E-state index in [0.29, 0.717) is 31.2 Å². The second kappa shape index (κ2) is 9.46. The first-order chi connectivity index (χ1) is 12.0. The molecule has 1 aromatic heterocycles. The molecule has 25 heavy (non-hydrogen) atoms. The first kappa shape index (κ1) is 19.3. The molecule has 2 amide bonds. The number of carbonyl (C=O) groups excluding carboxylic acids is 2. The third kappa shape index (κ3) is 6.42. The van der Waals surface area contributed by atoms with E-state index in [4.69, 9.17) is 4.74 Å². The zero-order chi connectivity index (χ0) is 18.2. The quantitative estimate of drug-likeness (QED) is 0.771. The van der Waals surface area contributed by atoms with Crippen LogP contribution in [0.1, 0.15) is 49.3 Å². The van der Waals surface area contributed by atoms with E-state index in [0.717, 1.165) is 25.1 Å². The lowest BCUT2D eigenvalue weighted by Gasteiger charge is -2.25. The molecule has 0 saturated carbocycles. The topological polar surface area (TPSA) is 84.4 Å². The van der Waals surface area contributed by atoms with Crippen LogP contribution in [0, 0.1) is 12.8 Å². The number of nitrogens with one attached hydrogen (secondary N) is 1. The molecule has 0 aliphatic carbocycles. The molecule has 1 atom stereocenters. The Labute approximate surface area is 149 Å². The van der Waals surface area contributed by atoms with Gasteiger partial charge in [-0.15, -0.1) is 0 Å². The van der Waals surface area contributed by atoms with Gasteiger partial charge >= 0.3 is 0 Å². The fraction of sp³-hybridized carbons (Fsp3) is 0.667. The third-order valence-corrected chi connectivity index (χ3v) is 4.05. The van der Waals surface area contributed by atoms with Crippen LogP contribution < -0.4 is 5.32 Å². The summed E-state index contributed by atoms with van der Waals surface area (Å²) in [6.45, 7) is 8.11. The number of ether oxygens (including phenoxy) is 1. The Morgan fingerprint density at radius 1 is 1.36 bits per heavy atom. The molecular weight excluding hydrogens is 320 g/mol. The van der Waals surface area contributed by atoms with Gasteiger partial charge in [-0.3, -0.25) is 14.6 Å². The number of amides is 2. The van der Waals surface area contributed by atoms with E-state index in [2.05, 4.69) is 15.3 Å². The van der Waals surface area contributed by atoms with E-state index in [1.165, 1.54) is 6.20 Å². The molecule has 0 radical (unpaired) electrons. The van der Waals surface area contributed by atoms with Gasteiger partial charge < -0.3 is 15.0 Å². The zero-order valence-electron chi connectivity index (χ0n) is 15.3. The van der Waals surface area contributed by atoms with Crippen LogP contribution in [0.3, 0.4) is 0 Å². The Hall–Kier alpha value is -2.02. The number of carbonyl (C=O) groups is 2. The van der Waals surface area contributed by atoms with Crippen LogP contribution in [0.15, 0.2) is 12.4 Å². The van der Waals surface area contributed by atoms with Crippen molar-refractivity contribution in [3.63, 3.8) is 0 Å². The van der Waals surface area contributed by atoms with Crippen molar-refractivity contribution in [2.45, 2.75) is 46.1 Å². The Balaban J connectivity index is 1.97. The Bertz CT molecular complexity index is 568. The molecule has 7 heteroatoms. The van der Waals surface area contributed by atoms with Crippen molar-refractivity contribution in [3.8, 4) is 0 Å². The van der Waals surface area contributed by atoms with E-state index in [-0.39, 0.29) is 24.3 Å². The summed E-state index contributed by atoms with van der Waals surface area (Å²) in [5.41, 5.74) is 1.06. The van der Waals surface area contributed by atoms with Crippen LogP contribution in [-0.2, 0) is 9.53 Å². The van der Waals surface area contributed by atoms with Crippen molar-refractivity contribution in [1.29, 1.82) is 0 Å². The van der Waals surface area contributed by atoms with E-state index in [9.17, 15) is 9.59 Å². The van der Waals surface area contributed by atoms with Gasteiger partial charge in [-0.05, 0) is 25.7 Å². The van der Waals surface area contributed by atoms with Gasteiger partial charge in [0, 0.05) is 38.9 Å². The normalized spacial score (nSPS) is 16.9. The third-order valence-electron chi connectivity index (χ3n) is 4.05. The van der Waals surface area contributed by atoms with Gasteiger partial charge in [-0.2, -0.15) is 0 Å². The minimum Gasteiger partial charge on any atom is -0.376 e. The van der Waals surface area contributed by atoms with Crippen LogP contribution in [0.5, 0.6) is 0 Å². The average Bonchev–Trinajstić information content (AvgIpc) is 3.10. The summed E-state index contributed by atoms with van der Waals surface area (Å²) in [6, 6.07) is 0. The standard InChI is InChI=1S/C18H28N4O3/c1-13(2)9-21-17(23)6-7-22(12-15-5-4-8-25-15)18(24)16-11-19-14(3)10-20-16/h10-11,13,15H,4-9,12H2,1-3H3,(H,21,23). The van der Waals surface area contributed by atoms with Gasteiger partial charge in [0.1, 0.15) is 5.69 Å². The van der Waals surface area contributed by atoms with Crippen LogP contribution in [0.25, 0.3) is 0 Å². The summed E-state index contributed by atoms with van der Waals surface area (Å²) >= 11 is 0. The van der Waals surface area contributed by atoms with Crippen LogP contribution in [0.4, 0.5) is 0 Å². The second-order valence-corrected chi connectivity index (χ2v) is 6.88. The Kier molecular flexibility index (Phi) is 7.31. The monoisotopic (exact) mass is 348 g/mol. The van der Waals surface area contributed by atoms with Crippen LogP contribution in [0.2, 0.25) is 0 Å². The number of hydrogen-bond donors (Lipinski definition) is 1. The summed E-state index contributed by atoms with van der Waals surface area (Å²) < 4.78 is 5.64. The highest BCUT2D eigenvalue weighted by Gasteiger charge is 2.24. The number of rotatable bonds is 8. The molecule has 1 saturated heterocycles. The molecule has 2 heterocycles. The van der Waals surface area contributed by atoms with Gasteiger partial charge in [0.25, 0.3) is 5.91 Å². The molecule has 0 spiro atoms. The Morgan fingerprint density at radius 3 is 2.76 bits per heavy atom. The first-order valence-electron chi connectivity index (χ1n) is 8.92. The van der Waals surface area contributed by atoms with Crippen molar-refractivity contribution in [2.24, 2.45) is 5.92 Å². The SMILES string of the molecule is Cc1cnc(C(=O)N(CCC(=O)NCC(C)C)CC2CCCO2)cn1. The maximum Gasteiger partial charge on any atom is 0.274 e. The lowest BCUT2D eigenvalue weighted by atomic mass is 10.2. The minimum absolute atomic E-state index is 0.0288. The molecular formula is C18H28N4O3. The largest absolute Gasteiger partial charge is 0.376 e. The molecule has 1 fully saturated rings. The zero-order valence-corrected chi connectivity index (χ0v) is 15.3. The number of hydrogen-bond acceptors (Lipinski definition) is 5. The summed E-state index contributed by atoms with van der Waals surface area (Å²) in [7, 11) is 0. The Morgan fingerprint density at radius 2 is 2.16 bits per heavy atom. The molecule has 138 valence electrons.